The van der Waals surface area contributed by atoms with Crippen molar-refractivity contribution >= 4 is 6.08 Å². The topological polar surface area (TPSA) is 38.2 Å². The zero-order valence-corrected chi connectivity index (χ0v) is 12.5. The van der Waals surface area contributed by atoms with Crippen LogP contribution in [0.4, 0.5) is 0 Å². The monoisotopic (exact) mass is 293 g/mol. The molecule has 1 saturated heterocycles. The van der Waals surface area contributed by atoms with Gasteiger partial charge in [-0.15, -0.1) is 0 Å². The second-order valence-electron chi connectivity index (χ2n) is 5.89. The van der Waals surface area contributed by atoms with Gasteiger partial charge in [0.15, 0.2) is 0 Å². The predicted octanol–water partition coefficient (Wildman–Crippen LogP) is 3.09. The van der Waals surface area contributed by atoms with Crippen LogP contribution in [0, 0.1) is 0 Å². The van der Waals surface area contributed by atoms with E-state index in [-0.39, 0.29) is 0 Å². The molecule has 0 amide bonds. The van der Waals surface area contributed by atoms with Crippen molar-refractivity contribution in [2.45, 2.75) is 18.9 Å². The van der Waals surface area contributed by atoms with Crippen molar-refractivity contribution in [2.75, 3.05) is 19.7 Å². The molecule has 112 valence electrons. The van der Waals surface area contributed by atoms with Crippen LogP contribution < -0.4 is 4.74 Å². The van der Waals surface area contributed by atoms with Crippen LogP contribution in [0.25, 0.3) is 6.08 Å². The summed E-state index contributed by atoms with van der Waals surface area (Å²) in [5.41, 5.74) is 3.59. The maximum Gasteiger partial charge on any atom is 0.127 e. The summed E-state index contributed by atoms with van der Waals surface area (Å²) in [6.45, 7) is 2.73. The van der Waals surface area contributed by atoms with Gasteiger partial charge in [0, 0.05) is 30.7 Å². The number of rotatable bonds is 3. The molecule has 0 bridgehead atoms. The summed E-state index contributed by atoms with van der Waals surface area (Å²) in [4.78, 5) is 11.2. The lowest BCUT2D eigenvalue weighted by atomic mass is 10.1. The molecule has 0 saturated carbocycles. The van der Waals surface area contributed by atoms with Crippen molar-refractivity contribution in [1.29, 1.82) is 0 Å². The molecule has 2 aliphatic heterocycles. The van der Waals surface area contributed by atoms with Gasteiger partial charge in [-0.2, -0.15) is 0 Å². The molecule has 1 fully saturated rings. The Kier molecular flexibility index (Phi) is 3.60. The fourth-order valence-corrected chi connectivity index (χ4v) is 3.35. The van der Waals surface area contributed by atoms with Gasteiger partial charge >= 0.3 is 0 Å². The van der Waals surface area contributed by atoms with Crippen molar-refractivity contribution < 1.29 is 4.74 Å². The minimum atomic E-state index is 0.381. The van der Waals surface area contributed by atoms with Gasteiger partial charge in [-0.3, -0.25) is 14.9 Å². The summed E-state index contributed by atoms with van der Waals surface area (Å²) in [5.74, 6) is 0.984. The highest BCUT2D eigenvalue weighted by atomic mass is 16.5. The molecule has 0 radical (unpaired) electrons. The van der Waals surface area contributed by atoms with Crippen molar-refractivity contribution in [3.8, 4) is 5.75 Å². The van der Waals surface area contributed by atoms with Gasteiger partial charge in [-0.05, 0) is 37.1 Å². The van der Waals surface area contributed by atoms with Crippen LogP contribution in [-0.4, -0.2) is 34.6 Å². The summed E-state index contributed by atoms with van der Waals surface area (Å²) < 4.78 is 5.86. The second kappa shape index (κ2) is 5.89. The lowest BCUT2D eigenvalue weighted by Gasteiger charge is -2.27. The molecule has 2 aromatic rings. The maximum absolute atomic E-state index is 5.86. The highest BCUT2D eigenvalue weighted by molar-refractivity contribution is 5.62. The second-order valence-corrected chi connectivity index (χ2v) is 5.89. The predicted molar refractivity (Wildman–Crippen MR) is 85.5 cm³/mol. The van der Waals surface area contributed by atoms with Gasteiger partial charge in [0.2, 0.25) is 0 Å². The number of hydrogen-bond donors (Lipinski definition) is 0. The summed E-state index contributed by atoms with van der Waals surface area (Å²) in [5, 5.41) is 0. The summed E-state index contributed by atoms with van der Waals surface area (Å²) in [6.07, 6.45) is 10.0. The zero-order valence-electron chi connectivity index (χ0n) is 12.5. The molecule has 1 aromatic heterocycles. The van der Waals surface area contributed by atoms with E-state index in [0.29, 0.717) is 12.6 Å². The molecule has 0 N–H and O–H groups in total. The van der Waals surface area contributed by atoms with Gasteiger partial charge in [0.05, 0.1) is 11.7 Å². The number of ether oxygens (including phenoxy) is 1. The van der Waals surface area contributed by atoms with E-state index in [0.717, 1.165) is 31.0 Å². The van der Waals surface area contributed by atoms with Gasteiger partial charge in [-0.1, -0.05) is 18.2 Å². The molecule has 0 spiro atoms. The Labute approximate surface area is 130 Å². The average molecular weight is 293 g/mol. The van der Waals surface area contributed by atoms with E-state index in [9.17, 15) is 0 Å². The highest BCUT2D eigenvalue weighted by Gasteiger charge is 2.28. The summed E-state index contributed by atoms with van der Waals surface area (Å²) in [7, 11) is 0. The third-order valence-corrected chi connectivity index (χ3v) is 4.39. The van der Waals surface area contributed by atoms with E-state index >= 15 is 0 Å². The molecule has 22 heavy (non-hydrogen) atoms. The first kappa shape index (κ1) is 13.5. The Morgan fingerprint density at radius 2 is 2.18 bits per heavy atom. The normalized spacial score (nSPS) is 21.1. The molecule has 4 rings (SSSR count). The smallest absolute Gasteiger partial charge is 0.127 e. The Hall–Kier alpha value is -2.20. The standard InChI is InChI=1S/C18H19N3O/c1-2-6-18-15(4-1)10-14(13-22-18)12-21-9-3-5-17(21)16-11-19-7-8-20-16/h1-2,4,6-8,10-11,17H,3,5,9,12-13H2/t17-/m0/s1. The molecule has 0 aliphatic carbocycles. The molecule has 0 unspecified atom stereocenters. The van der Waals surface area contributed by atoms with Crippen molar-refractivity contribution in [3.63, 3.8) is 0 Å². The Morgan fingerprint density at radius 3 is 3.09 bits per heavy atom. The molecule has 3 heterocycles. The first-order valence-corrected chi connectivity index (χ1v) is 7.81. The van der Waals surface area contributed by atoms with Gasteiger partial charge in [-0.25, -0.2) is 0 Å². The number of benzene rings is 1. The number of likely N-dealkylation sites (tertiary alicyclic amines) is 1. The minimum absolute atomic E-state index is 0.381. The van der Waals surface area contributed by atoms with Gasteiger partial charge < -0.3 is 4.74 Å². The maximum atomic E-state index is 5.86. The molecule has 1 aromatic carbocycles. The van der Waals surface area contributed by atoms with Crippen molar-refractivity contribution in [1.82, 2.24) is 14.9 Å². The van der Waals surface area contributed by atoms with Gasteiger partial charge in [0.1, 0.15) is 12.4 Å². The molecular formula is C18H19N3O. The van der Waals surface area contributed by atoms with Crippen LogP contribution in [0.5, 0.6) is 5.75 Å². The van der Waals surface area contributed by atoms with E-state index in [2.05, 4.69) is 33.1 Å². The fraction of sp³-hybridized carbons (Fsp3) is 0.333. The number of aromatic nitrogens is 2. The molecule has 2 aliphatic rings. The fourth-order valence-electron chi connectivity index (χ4n) is 3.35. The lowest BCUT2D eigenvalue weighted by Crippen LogP contribution is -2.28. The molecule has 1 atom stereocenters. The van der Waals surface area contributed by atoms with Crippen LogP contribution >= 0.6 is 0 Å². The van der Waals surface area contributed by atoms with E-state index < -0.39 is 0 Å². The first-order chi connectivity index (χ1) is 10.9. The largest absolute Gasteiger partial charge is 0.489 e. The van der Waals surface area contributed by atoms with E-state index in [1.165, 1.54) is 17.6 Å². The zero-order chi connectivity index (χ0) is 14.8. The number of hydrogen-bond acceptors (Lipinski definition) is 4. The molecule has 4 heteroatoms. The first-order valence-electron chi connectivity index (χ1n) is 7.81. The Morgan fingerprint density at radius 1 is 1.23 bits per heavy atom. The van der Waals surface area contributed by atoms with Crippen LogP contribution in [-0.2, 0) is 0 Å². The summed E-state index contributed by atoms with van der Waals surface area (Å²) in [6, 6.07) is 8.59. The van der Waals surface area contributed by atoms with Crippen LogP contribution in [0.3, 0.4) is 0 Å². The van der Waals surface area contributed by atoms with E-state index in [1.807, 2.05) is 18.3 Å². The lowest BCUT2D eigenvalue weighted by molar-refractivity contribution is 0.256. The van der Waals surface area contributed by atoms with Crippen molar-refractivity contribution in [3.05, 3.63) is 59.7 Å². The van der Waals surface area contributed by atoms with Crippen LogP contribution in [0.1, 0.15) is 30.1 Å². The van der Waals surface area contributed by atoms with E-state index in [1.54, 1.807) is 12.4 Å². The molecule has 4 nitrogen and oxygen atoms in total. The average Bonchev–Trinajstić information content (AvgIpc) is 3.04. The SMILES string of the molecule is C1=C(CN2CCC[C@H]2c2cnccn2)COc2ccccc21. The van der Waals surface area contributed by atoms with Gasteiger partial charge in [0.25, 0.3) is 0 Å². The highest BCUT2D eigenvalue weighted by Crippen LogP contribution is 2.32. The third kappa shape index (κ3) is 2.62. The van der Waals surface area contributed by atoms with Crippen molar-refractivity contribution in [2.24, 2.45) is 0 Å². The summed E-state index contributed by atoms with van der Waals surface area (Å²) >= 11 is 0. The third-order valence-electron chi connectivity index (χ3n) is 4.39. The number of para-hydroxylation sites is 1. The Bertz CT molecular complexity index is 684. The quantitative estimate of drug-likeness (QED) is 0.871. The van der Waals surface area contributed by atoms with Crippen LogP contribution in [0.2, 0.25) is 0 Å². The number of nitrogens with zero attached hydrogens (tertiary/aromatic N) is 3. The van der Waals surface area contributed by atoms with Crippen LogP contribution in [0.15, 0.2) is 48.4 Å². The number of fused-ring (bicyclic) bond motifs is 1. The Balaban J connectivity index is 1.53. The minimum Gasteiger partial charge on any atom is -0.489 e. The van der Waals surface area contributed by atoms with E-state index in [4.69, 9.17) is 4.74 Å². The molecular weight excluding hydrogens is 274 g/mol.